The second-order valence-corrected chi connectivity index (χ2v) is 6.35. The van der Waals surface area contributed by atoms with E-state index in [-0.39, 0.29) is 6.04 Å². The van der Waals surface area contributed by atoms with Gasteiger partial charge in [0.2, 0.25) is 0 Å². The Hall–Kier alpha value is -0.250. The van der Waals surface area contributed by atoms with Crippen molar-refractivity contribution < 1.29 is 0 Å². The van der Waals surface area contributed by atoms with Crippen LogP contribution >= 0.6 is 50.7 Å². The van der Waals surface area contributed by atoms with Crippen molar-refractivity contribution in [1.29, 1.82) is 0 Å². The van der Waals surface area contributed by atoms with Crippen LogP contribution in [0.4, 0.5) is 0 Å². The predicted molar refractivity (Wildman–Crippen MR) is 86.2 cm³/mol. The molecule has 1 atom stereocenters. The Morgan fingerprint density at radius 1 is 1.00 bits per heavy atom. The summed E-state index contributed by atoms with van der Waals surface area (Å²) in [6.45, 7) is 0. The van der Waals surface area contributed by atoms with E-state index in [0.29, 0.717) is 21.5 Å². The molecular weight excluding hydrogens is 368 g/mol. The standard InChI is InChI=1S/C14H11BrCl3N/c15-12-6-9(16)3-4-11(12)14(19)5-8-1-2-10(17)7-13(8)18/h1-4,6-7,14H,5,19H2. The van der Waals surface area contributed by atoms with Crippen molar-refractivity contribution in [2.75, 3.05) is 0 Å². The summed E-state index contributed by atoms with van der Waals surface area (Å²) in [5, 5.41) is 1.93. The van der Waals surface area contributed by atoms with Gasteiger partial charge in [-0.15, -0.1) is 0 Å². The molecule has 0 aromatic heterocycles. The summed E-state index contributed by atoms with van der Waals surface area (Å²) in [6, 6.07) is 10.8. The molecule has 2 aromatic rings. The number of rotatable bonds is 3. The molecule has 0 aliphatic carbocycles. The first-order valence-corrected chi connectivity index (χ1v) is 7.54. The van der Waals surface area contributed by atoms with Crippen LogP contribution in [0.25, 0.3) is 0 Å². The van der Waals surface area contributed by atoms with Crippen molar-refractivity contribution in [3.05, 3.63) is 67.1 Å². The minimum Gasteiger partial charge on any atom is -0.324 e. The molecule has 0 heterocycles. The molecule has 0 aliphatic rings. The number of nitrogens with two attached hydrogens (primary N) is 1. The number of hydrogen-bond acceptors (Lipinski definition) is 1. The lowest BCUT2D eigenvalue weighted by Gasteiger charge is -2.15. The molecule has 0 aliphatic heterocycles. The second-order valence-electron chi connectivity index (χ2n) is 4.21. The van der Waals surface area contributed by atoms with Gasteiger partial charge in [0.15, 0.2) is 0 Å². The van der Waals surface area contributed by atoms with E-state index in [1.54, 1.807) is 6.07 Å². The Bertz CT molecular complexity index is 601. The molecule has 0 saturated carbocycles. The SMILES string of the molecule is NC(Cc1ccc(Cl)cc1Cl)c1ccc(Cl)cc1Br. The van der Waals surface area contributed by atoms with Gasteiger partial charge in [-0.3, -0.25) is 0 Å². The minimum atomic E-state index is -0.162. The van der Waals surface area contributed by atoms with Crippen LogP contribution in [-0.2, 0) is 6.42 Å². The summed E-state index contributed by atoms with van der Waals surface area (Å²) < 4.78 is 0.901. The summed E-state index contributed by atoms with van der Waals surface area (Å²) in [4.78, 5) is 0. The first kappa shape index (κ1) is 15.1. The number of halogens is 4. The van der Waals surface area contributed by atoms with Gasteiger partial charge in [-0.05, 0) is 41.8 Å². The summed E-state index contributed by atoms with van der Waals surface area (Å²) in [5.41, 5.74) is 8.19. The van der Waals surface area contributed by atoms with Crippen LogP contribution in [0.2, 0.25) is 15.1 Å². The van der Waals surface area contributed by atoms with E-state index in [0.717, 1.165) is 15.6 Å². The number of hydrogen-bond donors (Lipinski definition) is 1. The fraction of sp³-hybridized carbons (Fsp3) is 0.143. The van der Waals surface area contributed by atoms with E-state index >= 15 is 0 Å². The zero-order chi connectivity index (χ0) is 14.0. The smallest absolute Gasteiger partial charge is 0.0453 e. The van der Waals surface area contributed by atoms with Crippen LogP contribution in [-0.4, -0.2) is 0 Å². The maximum Gasteiger partial charge on any atom is 0.0453 e. The van der Waals surface area contributed by atoms with Gasteiger partial charge in [-0.25, -0.2) is 0 Å². The molecule has 1 unspecified atom stereocenters. The van der Waals surface area contributed by atoms with Gasteiger partial charge < -0.3 is 5.73 Å². The zero-order valence-electron chi connectivity index (χ0n) is 9.84. The van der Waals surface area contributed by atoms with E-state index in [4.69, 9.17) is 40.5 Å². The molecule has 0 radical (unpaired) electrons. The average molecular weight is 380 g/mol. The van der Waals surface area contributed by atoms with Crippen LogP contribution in [0.15, 0.2) is 40.9 Å². The molecule has 1 nitrogen and oxygen atoms in total. The first-order chi connectivity index (χ1) is 8.97. The highest BCUT2D eigenvalue weighted by molar-refractivity contribution is 9.10. The molecule has 100 valence electrons. The molecule has 0 bridgehead atoms. The third-order valence-corrected chi connectivity index (χ3v) is 4.33. The fourth-order valence-electron chi connectivity index (χ4n) is 1.84. The Morgan fingerprint density at radius 3 is 2.26 bits per heavy atom. The van der Waals surface area contributed by atoms with Gasteiger partial charge in [0, 0.05) is 25.6 Å². The van der Waals surface area contributed by atoms with Gasteiger partial charge in [0.25, 0.3) is 0 Å². The third kappa shape index (κ3) is 3.87. The summed E-state index contributed by atoms with van der Waals surface area (Å²) in [6.07, 6.45) is 0.635. The van der Waals surface area contributed by atoms with E-state index in [9.17, 15) is 0 Å². The zero-order valence-corrected chi connectivity index (χ0v) is 13.7. The van der Waals surface area contributed by atoms with Gasteiger partial charge in [0.05, 0.1) is 0 Å². The predicted octanol–water partition coefficient (Wildman–Crippen LogP) is 5.65. The van der Waals surface area contributed by atoms with Gasteiger partial charge in [-0.1, -0.05) is 62.9 Å². The fourth-order valence-corrected chi connectivity index (χ4v) is 3.30. The molecule has 19 heavy (non-hydrogen) atoms. The maximum absolute atomic E-state index is 6.22. The Labute approximate surface area is 135 Å². The van der Waals surface area contributed by atoms with Gasteiger partial charge >= 0.3 is 0 Å². The largest absolute Gasteiger partial charge is 0.324 e. The quantitative estimate of drug-likeness (QED) is 0.732. The topological polar surface area (TPSA) is 26.0 Å². The van der Waals surface area contributed by atoms with E-state index in [2.05, 4.69) is 15.9 Å². The maximum atomic E-state index is 6.22. The van der Waals surface area contributed by atoms with Gasteiger partial charge in [0.1, 0.15) is 0 Å². The van der Waals surface area contributed by atoms with Crippen LogP contribution in [0.5, 0.6) is 0 Å². The molecular formula is C14H11BrCl3N. The molecule has 0 spiro atoms. The van der Waals surface area contributed by atoms with Crippen molar-refractivity contribution in [2.24, 2.45) is 5.73 Å². The lowest BCUT2D eigenvalue weighted by Crippen LogP contribution is -2.14. The van der Waals surface area contributed by atoms with E-state index < -0.39 is 0 Å². The van der Waals surface area contributed by atoms with Crippen molar-refractivity contribution in [3.8, 4) is 0 Å². The Morgan fingerprint density at radius 2 is 1.63 bits per heavy atom. The van der Waals surface area contributed by atoms with Crippen LogP contribution in [0.3, 0.4) is 0 Å². The average Bonchev–Trinajstić information content (AvgIpc) is 2.32. The van der Waals surface area contributed by atoms with Crippen LogP contribution < -0.4 is 5.73 Å². The molecule has 0 saturated heterocycles. The molecule has 0 amide bonds. The summed E-state index contributed by atoms with van der Waals surface area (Å²) in [5.74, 6) is 0. The van der Waals surface area contributed by atoms with E-state index in [1.165, 1.54) is 0 Å². The highest BCUT2D eigenvalue weighted by Gasteiger charge is 2.13. The summed E-state index contributed by atoms with van der Waals surface area (Å²) >= 11 is 21.4. The van der Waals surface area contributed by atoms with Gasteiger partial charge in [-0.2, -0.15) is 0 Å². The molecule has 2 N–H and O–H groups in total. The lowest BCUT2D eigenvalue weighted by atomic mass is 10.00. The van der Waals surface area contributed by atoms with Crippen molar-refractivity contribution in [2.45, 2.75) is 12.5 Å². The van der Waals surface area contributed by atoms with Crippen LogP contribution in [0, 0.1) is 0 Å². The third-order valence-electron chi connectivity index (χ3n) is 2.82. The molecule has 2 aromatic carbocycles. The lowest BCUT2D eigenvalue weighted by molar-refractivity contribution is 0.718. The Balaban J connectivity index is 2.23. The molecule has 0 fully saturated rings. The Kier molecular flexibility index (Phi) is 5.15. The monoisotopic (exact) mass is 377 g/mol. The number of benzene rings is 2. The van der Waals surface area contributed by atoms with Crippen molar-refractivity contribution >= 4 is 50.7 Å². The summed E-state index contributed by atoms with van der Waals surface area (Å²) in [7, 11) is 0. The molecule has 2 rings (SSSR count). The normalized spacial score (nSPS) is 12.5. The van der Waals surface area contributed by atoms with E-state index in [1.807, 2.05) is 30.3 Å². The molecule has 5 heteroatoms. The minimum absolute atomic E-state index is 0.162. The second kappa shape index (κ2) is 6.47. The van der Waals surface area contributed by atoms with Crippen LogP contribution in [0.1, 0.15) is 17.2 Å². The van der Waals surface area contributed by atoms with Crippen molar-refractivity contribution in [1.82, 2.24) is 0 Å². The highest BCUT2D eigenvalue weighted by Crippen LogP contribution is 2.30. The first-order valence-electron chi connectivity index (χ1n) is 5.62. The highest BCUT2D eigenvalue weighted by atomic mass is 79.9. The van der Waals surface area contributed by atoms with Crippen molar-refractivity contribution in [3.63, 3.8) is 0 Å².